The van der Waals surface area contributed by atoms with Crippen LogP contribution in [0.1, 0.15) is 32.0 Å². The monoisotopic (exact) mass is 261 g/mol. The average molecular weight is 261 g/mol. The van der Waals surface area contributed by atoms with Gasteiger partial charge in [0.2, 0.25) is 0 Å². The molecule has 1 N–H and O–H groups in total. The minimum atomic E-state index is 0.483. The highest BCUT2D eigenvalue weighted by Crippen LogP contribution is 2.25. The van der Waals surface area contributed by atoms with Crippen molar-refractivity contribution in [3.05, 3.63) is 35.0 Å². The van der Waals surface area contributed by atoms with Gasteiger partial charge >= 0.3 is 0 Å². The van der Waals surface area contributed by atoms with Gasteiger partial charge in [0.05, 0.1) is 5.69 Å². The zero-order chi connectivity index (χ0) is 13.0. The van der Waals surface area contributed by atoms with Crippen molar-refractivity contribution in [2.75, 3.05) is 0 Å². The molecule has 0 amide bonds. The number of hydrogen-bond donors (Lipinski definition) is 1. The molecular formula is C14H19N3S. The van der Waals surface area contributed by atoms with Gasteiger partial charge in [0.15, 0.2) is 0 Å². The Hall–Kier alpha value is -1.26. The topological polar surface area (TPSA) is 37.8 Å². The number of hydrogen-bond acceptors (Lipinski definition) is 4. The Balaban J connectivity index is 2.18. The summed E-state index contributed by atoms with van der Waals surface area (Å²) in [6.45, 7) is 7.25. The molecule has 0 bridgehead atoms. The Kier molecular flexibility index (Phi) is 4.44. The molecule has 0 atom stereocenters. The molecule has 0 saturated carbocycles. The van der Waals surface area contributed by atoms with E-state index >= 15 is 0 Å². The molecule has 4 heteroatoms. The van der Waals surface area contributed by atoms with Gasteiger partial charge in [0.25, 0.3) is 0 Å². The van der Waals surface area contributed by atoms with Crippen molar-refractivity contribution >= 4 is 11.3 Å². The van der Waals surface area contributed by atoms with Gasteiger partial charge in [-0.3, -0.25) is 4.98 Å². The number of rotatable bonds is 5. The lowest BCUT2D eigenvalue weighted by Gasteiger charge is -2.05. The van der Waals surface area contributed by atoms with Crippen LogP contribution in [0.15, 0.2) is 23.7 Å². The average Bonchev–Trinajstić information content (AvgIpc) is 2.85. The molecule has 0 aliphatic rings. The number of nitrogens with zero attached hydrogens (tertiary/aromatic N) is 2. The number of aromatic nitrogens is 2. The molecule has 2 aromatic heterocycles. The zero-order valence-corrected chi connectivity index (χ0v) is 11.9. The molecule has 0 aliphatic heterocycles. The van der Waals surface area contributed by atoms with Crippen molar-refractivity contribution in [2.45, 2.75) is 39.8 Å². The number of thiazole rings is 1. The van der Waals surface area contributed by atoms with Crippen LogP contribution < -0.4 is 5.32 Å². The Morgan fingerprint density at radius 3 is 2.94 bits per heavy atom. The van der Waals surface area contributed by atoms with Gasteiger partial charge < -0.3 is 5.32 Å². The second-order valence-electron chi connectivity index (χ2n) is 4.54. The van der Waals surface area contributed by atoms with Gasteiger partial charge in [-0.15, -0.1) is 11.3 Å². The van der Waals surface area contributed by atoms with Gasteiger partial charge in [-0.1, -0.05) is 26.8 Å². The molecule has 0 fully saturated rings. The quantitative estimate of drug-likeness (QED) is 0.897. The molecule has 0 radical (unpaired) electrons. The second kappa shape index (κ2) is 6.07. The van der Waals surface area contributed by atoms with E-state index in [1.165, 1.54) is 5.56 Å². The van der Waals surface area contributed by atoms with Gasteiger partial charge in [0.1, 0.15) is 10.7 Å². The van der Waals surface area contributed by atoms with Crippen LogP contribution in [0.3, 0.4) is 0 Å². The second-order valence-corrected chi connectivity index (χ2v) is 5.40. The summed E-state index contributed by atoms with van der Waals surface area (Å²) in [5.74, 6) is 0. The standard InChI is InChI=1S/C14H19N3S/c1-4-11-6-5-7-15-13(11)14-17-12(9-18-14)8-16-10(2)3/h5-7,9-10,16H,4,8H2,1-3H3. The summed E-state index contributed by atoms with van der Waals surface area (Å²) in [6.07, 6.45) is 2.82. The molecule has 3 nitrogen and oxygen atoms in total. The molecule has 96 valence electrons. The van der Waals surface area contributed by atoms with Gasteiger partial charge in [-0.2, -0.15) is 0 Å². The van der Waals surface area contributed by atoms with Gasteiger partial charge in [-0.05, 0) is 18.1 Å². The Morgan fingerprint density at radius 1 is 1.39 bits per heavy atom. The SMILES string of the molecule is CCc1cccnc1-c1nc(CNC(C)C)cs1. The maximum atomic E-state index is 4.65. The first kappa shape index (κ1) is 13.2. The molecule has 0 unspecified atom stereocenters. The first-order valence-corrected chi connectivity index (χ1v) is 7.20. The van der Waals surface area contributed by atoms with Crippen LogP contribution in [-0.4, -0.2) is 16.0 Å². The number of pyridine rings is 1. The summed E-state index contributed by atoms with van der Waals surface area (Å²) < 4.78 is 0. The van der Waals surface area contributed by atoms with E-state index in [1.54, 1.807) is 11.3 Å². The third kappa shape index (κ3) is 3.15. The largest absolute Gasteiger partial charge is 0.309 e. The Labute approximate surface area is 112 Å². The summed E-state index contributed by atoms with van der Waals surface area (Å²) in [5.41, 5.74) is 3.38. The van der Waals surface area contributed by atoms with Crippen molar-refractivity contribution in [2.24, 2.45) is 0 Å². The van der Waals surface area contributed by atoms with Crippen LogP contribution in [0.4, 0.5) is 0 Å². The number of aryl methyl sites for hydroxylation is 1. The van der Waals surface area contributed by atoms with Crippen LogP contribution in [0.5, 0.6) is 0 Å². The van der Waals surface area contributed by atoms with Gasteiger partial charge in [-0.25, -0.2) is 4.98 Å². The summed E-state index contributed by atoms with van der Waals surface area (Å²) in [4.78, 5) is 9.11. The van der Waals surface area contributed by atoms with Crippen LogP contribution >= 0.6 is 11.3 Å². The van der Waals surface area contributed by atoms with E-state index in [0.29, 0.717) is 6.04 Å². The smallest absolute Gasteiger partial charge is 0.142 e. The molecule has 18 heavy (non-hydrogen) atoms. The first-order valence-electron chi connectivity index (χ1n) is 6.32. The predicted octanol–water partition coefficient (Wildman–Crippen LogP) is 3.27. The highest BCUT2D eigenvalue weighted by Gasteiger charge is 2.09. The molecular weight excluding hydrogens is 242 g/mol. The van der Waals surface area contributed by atoms with E-state index in [1.807, 2.05) is 12.3 Å². The minimum Gasteiger partial charge on any atom is -0.309 e. The maximum absolute atomic E-state index is 4.65. The Morgan fingerprint density at radius 2 is 2.22 bits per heavy atom. The maximum Gasteiger partial charge on any atom is 0.142 e. The highest BCUT2D eigenvalue weighted by molar-refractivity contribution is 7.13. The summed E-state index contributed by atoms with van der Waals surface area (Å²) in [7, 11) is 0. The van der Waals surface area contributed by atoms with E-state index in [9.17, 15) is 0 Å². The van der Waals surface area contributed by atoms with Crippen LogP contribution in [0.25, 0.3) is 10.7 Å². The lowest BCUT2D eigenvalue weighted by molar-refractivity contribution is 0.583. The van der Waals surface area contributed by atoms with Crippen molar-refractivity contribution in [1.82, 2.24) is 15.3 Å². The van der Waals surface area contributed by atoms with Crippen molar-refractivity contribution < 1.29 is 0 Å². The summed E-state index contributed by atoms with van der Waals surface area (Å²) in [6, 6.07) is 4.59. The zero-order valence-electron chi connectivity index (χ0n) is 11.1. The van der Waals surface area contributed by atoms with Crippen molar-refractivity contribution in [1.29, 1.82) is 0 Å². The van der Waals surface area contributed by atoms with Crippen LogP contribution in [0.2, 0.25) is 0 Å². The fraction of sp³-hybridized carbons (Fsp3) is 0.429. The third-order valence-electron chi connectivity index (χ3n) is 2.72. The highest BCUT2D eigenvalue weighted by atomic mass is 32.1. The number of nitrogens with one attached hydrogen (secondary N) is 1. The normalized spacial score (nSPS) is 11.1. The van der Waals surface area contributed by atoms with E-state index in [2.05, 4.69) is 47.5 Å². The Bertz CT molecular complexity index is 505. The third-order valence-corrected chi connectivity index (χ3v) is 3.62. The van der Waals surface area contributed by atoms with E-state index in [0.717, 1.165) is 29.4 Å². The summed E-state index contributed by atoms with van der Waals surface area (Å²) in [5, 5.41) is 6.51. The molecule has 2 rings (SSSR count). The van der Waals surface area contributed by atoms with Crippen molar-refractivity contribution in [3.8, 4) is 10.7 Å². The van der Waals surface area contributed by atoms with Gasteiger partial charge in [0, 0.05) is 24.2 Å². The molecule has 0 saturated heterocycles. The lowest BCUT2D eigenvalue weighted by atomic mass is 10.1. The predicted molar refractivity (Wildman–Crippen MR) is 76.7 cm³/mol. The van der Waals surface area contributed by atoms with Crippen LogP contribution in [-0.2, 0) is 13.0 Å². The first-order chi connectivity index (χ1) is 8.70. The fourth-order valence-electron chi connectivity index (χ4n) is 1.72. The van der Waals surface area contributed by atoms with Crippen molar-refractivity contribution in [3.63, 3.8) is 0 Å². The molecule has 0 spiro atoms. The molecule has 0 aromatic carbocycles. The molecule has 2 aromatic rings. The van der Waals surface area contributed by atoms with E-state index in [4.69, 9.17) is 0 Å². The van der Waals surface area contributed by atoms with E-state index < -0.39 is 0 Å². The lowest BCUT2D eigenvalue weighted by Crippen LogP contribution is -2.21. The molecule has 2 heterocycles. The van der Waals surface area contributed by atoms with Crippen LogP contribution in [0, 0.1) is 0 Å². The fourth-order valence-corrected chi connectivity index (χ4v) is 2.57. The minimum absolute atomic E-state index is 0.483. The molecule has 0 aliphatic carbocycles. The summed E-state index contributed by atoms with van der Waals surface area (Å²) >= 11 is 1.67. The van der Waals surface area contributed by atoms with E-state index in [-0.39, 0.29) is 0 Å².